The number of pyridine rings is 1. The molecule has 1 atom stereocenters. The highest BCUT2D eigenvalue weighted by Gasteiger charge is 2.16. The van der Waals surface area contributed by atoms with Crippen molar-refractivity contribution in [3.05, 3.63) is 52.3 Å². The molecule has 0 radical (unpaired) electrons. The van der Waals surface area contributed by atoms with Crippen molar-refractivity contribution in [2.24, 2.45) is 0 Å². The lowest BCUT2D eigenvalue weighted by Crippen LogP contribution is -2.27. The van der Waals surface area contributed by atoms with Crippen LogP contribution in [0.5, 0.6) is 5.75 Å². The molecule has 2 aromatic rings. The zero-order chi connectivity index (χ0) is 15.4. The maximum atomic E-state index is 12.7. The van der Waals surface area contributed by atoms with E-state index in [1.165, 1.54) is 0 Å². The lowest BCUT2D eigenvalue weighted by molar-refractivity contribution is 0.415. The Hall–Kier alpha value is -1.68. The highest BCUT2D eigenvalue weighted by molar-refractivity contribution is 7.79. The van der Waals surface area contributed by atoms with Crippen LogP contribution in [0.1, 0.15) is 31.9 Å². The normalized spacial score (nSPS) is 12.2. The molecule has 1 aromatic heterocycles. The van der Waals surface area contributed by atoms with E-state index in [1.807, 2.05) is 41.0 Å². The van der Waals surface area contributed by atoms with E-state index < -0.39 is 0 Å². The van der Waals surface area contributed by atoms with Crippen LogP contribution in [0.4, 0.5) is 0 Å². The molecule has 1 unspecified atom stereocenters. The van der Waals surface area contributed by atoms with E-state index in [0.717, 1.165) is 29.0 Å². The fourth-order valence-electron chi connectivity index (χ4n) is 2.41. The zero-order valence-electron chi connectivity index (χ0n) is 12.7. The summed E-state index contributed by atoms with van der Waals surface area (Å²) in [5, 5.41) is 0. The molecular weight excluding hydrogens is 282 g/mol. The number of ether oxygens (including phenoxy) is 1. The quantitative estimate of drug-likeness (QED) is 0.849. The first kappa shape index (κ1) is 15.7. The summed E-state index contributed by atoms with van der Waals surface area (Å²) < 4.78 is 7.28. The van der Waals surface area contributed by atoms with Crippen LogP contribution in [0.2, 0.25) is 0 Å². The van der Waals surface area contributed by atoms with Gasteiger partial charge in [0.1, 0.15) is 5.75 Å². The van der Waals surface area contributed by atoms with Crippen LogP contribution < -0.4 is 10.3 Å². The third-order valence-electron chi connectivity index (χ3n) is 3.78. The van der Waals surface area contributed by atoms with E-state index in [4.69, 9.17) is 4.74 Å². The smallest absolute Gasteiger partial charge is 0.255 e. The fourth-order valence-corrected chi connectivity index (χ4v) is 2.65. The Kier molecular flexibility index (Phi) is 5.12. The van der Waals surface area contributed by atoms with Gasteiger partial charge >= 0.3 is 0 Å². The van der Waals surface area contributed by atoms with Crippen molar-refractivity contribution in [1.82, 2.24) is 4.57 Å². The Morgan fingerprint density at radius 1 is 1.24 bits per heavy atom. The highest BCUT2D eigenvalue weighted by Crippen LogP contribution is 2.31. The van der Waals surface area contributed by atoms with E-state index in [2.05, 4.69) is 26.5 Å². The SMILES string of the molecule is CCC(C)n1c(-c2ccccc2OC)ccc(CS)c1=O. The molecule has 112 valence electrons. The van der Waals surface area contributed by atoms with Crippen LogP contribution in [0.25, 0.3) is 11.3 Å². The summed E-state index contributed by atoms with van der Waals surface area (Å²) in [4.78, 5) is 12.7. The Morgan fingerprint density at radius 3 is 2.57 bits per heavy atom. The molecule has 1 heterocycles. The molecular formula is C17H21NO2S. The van der Waals surface area contributed by atoms with Crippen LogP contribution in [-0.2, 0) is 5.75 Å². The maximum absolute atomic E-state index is 12.7. The second-order valence-electron chi connectivity index (χ2n) is 5.03. The molecule has 0 fully saturated rings. The van der Waals surface area contributed by atoms with Gasteiger partial charge < -0.3 is 9.30 Å². The number of thiol groups is 1. The Bertz CT molecular complexity index is 679. The fraction of sp³-hybridized carbons (Fsp3) is 0.353. The van der Waals surface area contributed by atoms with E-state index >= 15 is 0 Å². The summed E-state index contributed by atoms with van der Waals surface area (Å²) in [6, 6.07) is 11.7. The molecule has 0 N–H and O–H groups in total. The van der Waals surface area contributed by atoms with Gasteiger partial charge in [0.15, 0.2) is 0 Å². The number of para-hydroxylation sites is 1. The minimum absolute atomic E-state index is 0.0303. The lowest BCUT2D eigenvalue weighted by atomic mass is 10.1. The predicted molar refractivity (Wildman–Crippen MR) is 90.4 cm³/mol. The van der Waals surface area contributed by atoms with Crippen molar-refractivity contribution >= 4 is 12.6 Å². The average molecular weight is 303 g/mol. The van der Waals surface area contributed by atoms with E-state index in [1.54, 1.807) is 7.11 Å². The number of hydrogen-bond acceptors (Lipinski definition) is 3. The lowest BCUT2D eigenvalue weighted by Gasteiger charge is -2.21. The molecule has 0 aliphatic rings. The predicted octanol–water partition coefficient (Wildman–Crippen LogP) is 3.92. The van der Waals surface area contributed by atoms with Gasteiger partial charge in [-0.25, -0.2) is 0 Å². The Morgan fingerprint density at radius 2 is 1.95 bits per heavy atom. The monoisotopic (exact) mass is 303 g/mol. The van der Waals surface area contributed by atoms with Gasteiger partial charge in [-0.3, -0.25) is 4.79 Å². The number of nitrogens with zero attached hydrogens (tertiary/aromatic N) is 1. The summed E-state index contributed by atoms with van der Waals surface area (Å²) in [6.45, 7) is 4.14. The minimum atomic E-state index is 0.0303. The largest absolute Gasteiger partial charge is 0.496 e. The molecule has 0 amide bonds. The van der Waals surface area contributed by atoms with Crippen LogP contribution in [0.15, 0.2) is 41.2 Å². The highest BCUT2D eigenvalue weighted by atomic mass is 32.1. The number of aromatic nitrogens is 1. The van der Waals surface area contributed by atoms with Gasteiger partial charge in [0.05, 0.1) is 12.8 Å². The van der Waals surface area contributed by atoms with Crippen LogP contribution in [0.3, 0.4) is 0 Å². The average Bonchev–Trinajstić information content (AvgIpc) is 2.53. The van der Waals surface area contributed by atoms with Crippen LogP contribution in [-0.4, -0.2) is 11.7 Å². The van der Waals surface area contributed by atoms with Crippen molar-refractivity contribution in [3.8, 4) is 17.0 Å². The maximum Gasteiger partial charge on any atom is 0.255 e. The van der Waals surface area contributed by atoms with Gasteiger partial charge in [0.2, 0.25) is 0 Å². The first-order valence-corrected chi connectivity index (χ1v) is 7.75. The molecule has 0 saturated heterocycles. The second kappa shape index (κ2) is 6.85. The minimum Gasteiger partial charge on any atom is -0.496 e. The molecule has 4 heteroatoms. The Balaban J connectivity index is 2.74. The van der Waals surface area contributed by atoms with Crippen LogP contribution >= 0.6 is 12.6 Å². The van der Waals surface area contributed by atoms with Crippen molar-refractivity contribution in [2.75, 3.05) is 7.11 Å². The summed E-state index contributed by atoms with van der Waals surface area (Å²) in [5.41, 5.74) is 2.57. The molecule has 0 aliphatic carbocycles. The Labute approximate surface area is 131 Å². The van der Waals surface area contributed by atoms with Gasteiger partial charge in [-0.2, -0.15) is 12.6 Å². The van der Waals surface area contributed by atoms with Gasteiger partial charge in [-0.1, -0.05) is 25.1 Å². The van der Waals surface area contributed by atoms with E-state index in [9.17, 15) is 4.79 Å². The van der Waals surface area contributed by atoms with Crippen molar-refractivity contribution in [1.29, 1.82) is 0 Å². The van der Waals surface area contributed by atoms with Gasteiger partial charge in [0, 0.05) is 22.9 Å². The van der Waals surface area contributed by atoms with Crippen molar-refractivity contribution < 1.29 is 4.74 Å². The number of methoxy groups -OCH3 is 1. The molecule has 0 spiro atoms. The molecule has 21 heavy (non-hydrogen) atoms. The number of hydrogen-bond donors (Lipinski definition) is 1. The zero-order valence-corrected chi connectivity index (χ0v) is 13.6. The first-order valence-electron chi connectivity index (χ1n) is 7.12. The number of rotatable bonds is 5. The summed E-state index contributed by atoms with van der Waals surface area (Å²) in [7, 11) is 1.65. The first-order chi connectivity index (χ1) is 10.1. The number of benzene rings is 1. The van der Waals surface area contributed by atoms with Gasteiger partial charge in [0.25, 0.3) is 5.56 Å². The van der Waals surface area contributed by atoms with Gasteiger partial charge in [-0.05, 0) is 31.5 Å². The second-order valence-corrected chi connectivity index (χ2v) is 5.35. The van der Waals surface area contributed by atoms with E-state index in [-0.39, 0.29) is 11.6 Å². The summed E-state index contributed by atoms with van der Waals surface area (Å²) in [5.74, 6) is 1.22. The van der Waals surface area contributed by atoms with Gasteiger partial charge in [-0.15, -0.1) is 0 Å². The van der Waals surface area contributed by atoms with Crippen molar-refractivity contribution in [3.63, 3.8) is 0 Å². The van der Waals surface area contributed by atoms with Crippen LogP contribution in [0, 0.1) is 0 Å². The summed E-state index contributed by atoms with van der Waals surface area (Å²) >= 11 is 4.25. The summed E-state index contributed by atoms with van der Waals surface area (Å²) in [6.07, 6.45) is 0.887. The molecule has 2 rings (SSSR count). The topological polar surface area (TPSA) is 31.2 Å². The van der Waals surface area contributed by atoms with Crippen molar-refractivity contribution in [2.45, 2.75) is 32.1 Å². The third-order valence-corrected chi connectivity index (χ3v) is 4.12. The van der Waals surface area contributed by atoms with E-state index in [0.29, 0.717) is 5.75 Å². The third kappa shape index (κ3) is 3.00. The standard InChI is InChI=1S/C17H21NO2S/c1-4-12(2)18-15(10-9-13(11-21)17(18)19)14-7-5-6-8-16(14)20-3/h5-10,12,21H,4,11H2,1-3H3. The molecule has 0 saturated carbocycles. The molecule has 0 aliphatic heterocycles. The molecule has 1 aromatic carbocycles. The molecule has 0 bridgehead atoms. The molecule has 3 nitrogen and oxygen atoms in total.